The van der Waals surface area contributed by atoms with Gasteiger partial charge in [0, 0.05) is 0 Å². The fourth-order valence-corrected chi connectivity index (χ4v) is 5.31. The van der Waals surface area contributed by atoms with Gasteiger partial charge in [-0.2, -0.15) is 0 Å². The molecule has 0 saturated heterocycles. The Morgan fingerprint density at radius 1 is 0.684 bits per heavy atom. The summed E-state index contributed by atoms with van der Waals surface area (Å²) in [5.41, 5.74) is 1.74. The van der Waals surface area contributed by atoms with Gasteiger partial charge in [0.15, 0.2) is 0 Å². The van der Waals surface area contributed by atoms with Crippen LogP contribution in [0.1, 0.15) is 92.9 Å². The summed E-state index contributed by atoms with van der Waals surface area (Å²) in [4.78, 5) is 0. The fraction of sp³-hybridized carbons (Fsp3) is 1.00. The molecule has 0 aliphatic heterocycles. The summed E-state index contributed by atoms with van der Waals surface area (Å²) in [5.74, 6) is 1.93. The van der Waals surface area contributed by atoms with Crippen molar-refractivity contribution in [2.45, 2.75) is 92.9 Å². The third-order valence-corrected chi connectivity index (χ3v) is 6.41. The molecule has 0 aromatic carbocycles. The van der Waals surface area contributed by atoms with Crippen LogP contribution in [0, 0.1) is 28.1 Å². The molecule has 0 heteroatoms. The lowest BCUT2D eigenvalue weighted by atomic mass is 9.51. The first-order valence-electron chi connectivity index (χ1n) is 8.65. The molecule has 1 unspecified atom stereocenters. The highest BCUT2D eigenvalue weighted by Gasteiger charge is 2.48. The zero-order valence-electron chi connectivity index (χ0n) is 14.3. The molecule has 2 fully saturated rings. The zero-order valence-corrected chi connectivity index (χ0v) is 14.3. The Bertz CT molecular complexity index is 291. The van der Waals surface area contributed by atoms with Gasteiger partial charge in [0.2, 0.25) is 0 Å². The van der Waals surface area contributed by atoms with Crippen molar-refractivity contribution in [3.05, 3.63) is 0 Å². The summed E-state index contributed by atoms with van der Waals surface area (Å²) in [5, 5.41) is 0. The molecule has 1 atom stereocenters. The lowest BCUT2D eigenvalue weighted by molar-refractivity contribution is -0.0409. The Kier molecular flexibility index (Phi) is 4.11. The molecule has 0 nitrogen and oxygen atoms in total. The first-order valence-corrected chi connectivity index (χ1v) is 8.65. The highest BCUT2D eigenvalue weighted by molar-refractivity contribution is 4.98. The van der Waals surface area contributed by atoms with E-state index in [2.05, 4.69) is 41.5 Å². The van der Waals surface area contributed by atoms with Crippen molar-refractivity contribution >= 4 is 0 Å². The van der Waals surface area contributed by atoms with Gasteiger partial charge in [0.05, 0.1) is 0 Å². The monoisotopic (exact) mass is 264 g/mol. The molecule has 0 radical (unpaired) electrons. The van der Waals surface area contributed by atoms with Gasteiger partial charge in [-0.1, -0.05) is 54.4 Å². The van der Waals surface area contributed by atoms with E-state index in [1.807, 2.05) is 0 Å². The summed E-state index contributed by atoms with van der Waals surface area (Å²) < 4.78 is 0. The van der Waals surface area contributed by atoms with Crippen LogP contribution in [-0.4, -0.2) is 0 Å². The minimum atomic E-state index is 0.509. The molecule has 2 saturated carbocycles. The van der Waals surface area contributed by atoms with Crippen LogP contribution in [0.5, 0.6) is 0 Å². The third kappa shape index (κ3) is 3.19. The number of hydrogen-bond acceptors (Lipinski definition) is 0. The van der Waals surface area contributed by atoms with Gasteiger partial charge in [-0.15, -0.1) is 0 Å². The van der Waals surface area contributed by atoms with Gasteiger partial charge in [-0.05, 0) is 66.6 Å². The molecule has 0 heterocycles. The highest BCUT2D eigenvalue weighted by atomic mass is 14.5. The van der Waals surface area contributed by atoms with E-state index in [0.29, 0.717) is 16.2 Å². The topological polar surface area (TPSA) is 0 Å². The molecule has 0 aromatic rings. The third-order valence-electron chi connectivity index (χ3n) is 6.41. The first-order chi connectivity index (χ1) is 8.65. The molecule has 0 aromatic heterocycles. The van der Waals surface area contributed by atoms with Crippen LogP contribution >= 0.6 is 0 Å². The van der Waals surface area contributed by atoms with E-state index < -0.39 is 0 Å². The molecule has 0 amide bonds. The van der Waals surface area contributed by atoms with E-state index >= 15 is 0 Å². The summed E-state index contributed by atoms with van der Waals surface area (Å²) in [6.07, 6.45) is 12.0. The molecule has 1 spiro atoms. The fourth-order valence-electron chi connectivity index (χ4n) is 5.31. The van der Waals surface area contributed by atoms with Crippen LogP contribution in [0.15, 0.2) is 0 Å². The smallest absolute Gasteiger partial charge is 0.0264 e. The second-order valence-corrected chi connectivity index (χ2v) is 9.67. The molecular weight excluding hydrogens is 228 g/mol. The Morgan fingerprint density at radius 3 is 1.74 bits per heavy atom. The standard InChI is InChI=1S/C19H36/c1-17(2,3)15-10-13-19(14-11-15)12-8-7-9-16(19)18(4,5)6/h15-16H,7-14H2,1-6H3. The predicted molar refractivity (Wildman–Crippen MR) is 85.3 cm³/mol. The lowest BCUT2D eigenvalue weighted by Crippen LogP contribution is -2.44. The van der Waals surface area contributed by atoms with Crippen LogP contribution in [-0.2, 0) is 0 Å². The van der Waals surface area contributed by atoms with Crippen LogP contribution in [0.2, 0.25) is 0 Å². The Morgan fingerprint density at radius 2 is 1.26 bits per heavy atom. The molecule has 112 valence electrons. The molecule has 2 aliphatic carbocycles. The maximum Gasteiger partial charge on any atom is -0.0264 e. The molecule has 0 N–H and O–H groups in total. The summed E-state index contributed by atoms with van der Waals surface area (Å²) in [6, 6.07) is 0. The first kappa shape index (κ1) is 15.4. The average molecular weight is 264 g/mol. The van der Waals surface area contributed by atoms with Gasteiger partial charge in [0.25, 0.3) is 0 Å². The molecule has 2 rings (SSSR count). The highest BCUT2D eigenvalue weighted by Crippen LogP contribution is 2.58. The minimum absolute atomic E-state index is 0.509. The van der Waals surface area contributed by atoms with Crippen LogP contribution in [0.3, 0.4) is 0 Å². The largest absolute Gasteiger partial charge is 0.0599 e. The number of rotatable bonds is 0. The van der Waals surface area contributed by atoms with Crippen LogP contribution < -0.4 is 0 Å². The van der Waals surface area contributed by atoms with E-state index in [9.17, 15) is 0 Å². The SMILES string of the molecule is CC(C)(C)C1CCC2(CCCCC2C(C)(C)C)CC1. The maximum absolute atomic E-state index is 2.49. The van der Waals surface area contributed by atoms with E-state index in [0.717, 1.165) is 11.8 Å². The van der Waals surface area contributed by atoms with Gasteiger partial charge in [0.1, 0.15) is 0 Å². The quantitative estimate of drug-likeness (QED) is 0.472. The van der Waals surface area contributed by atoms with Crippen molar-refractivity contribution in [3.8, 4) is 0 Å². The Hall–Kier alpha value is 0. The summed E-state index contributed by atoms with van der Waals surface area (Å²) in [7, 11) is 0. The van der Waals surface area contributed by atoms with E-state index in [-0.39, 0.29) is 0 Å². The number of hydrogen-bond donors (Lipinski definition) is 0. The van der Waals surface area contributed by atoms with E-state index in [1.165, 1.54) is 51.4 Å². The van der Waals surface area contributed by atoms with Crippen LogP contribution in [0.25, 0.3) is 0 Å². The van der Waals surface area contributed by atoms with Crippen LogP contribution in [0.4, 0.5) is 0 Å². The minimum Gasteiger partial charge on any atom is -0.0599 e. The Balaban J connectivity index is 2.11. The van der Waals surface area contributed by atoms with Crippen molar-refractivity contribution in [1.82, 2.24) is 0 Å². The summed E-state index contributed by atoms with van der Waals surface area (Å²) in [6.45, 7) is 14.8. The second-order valence-electron chi connectivity index (χ2n) is 9.67. The van der Waals surface area contributed by atoms with Crippen molar-refractivity contribution < 1.29 is 0 Å². The van der Waals surface area contributed by atoms with Gasteiger partial charge >= 0.3 is 0 Å². The van der Waals surface area contributed by atoms with Crippen molar-refractivity contribution in [2.24, 2.45) is 28.1 Å². The molecule has 19 heavy (non-hydrogen) atoms. The van der Waals surface area contributed by atoms with E-state index in [1.54, 1.807) is 0 Å². The average Bonchev–Trinajstić information content (AvgIpc) is 2.27. The van der Waals surface area contributed by atoms with E-state index in [4.69, 9.17) is 0 Å². The van der Waals surface area contributed by atoms with Crippen molar-refractivity contribution in [1.29, 1.82) is 0 Å². The zero-order chi connectivity index (χ0) is 14.3. The summed E-state index contributed by atoms with van der Waals surface area (Å²) >= 11 is 0. The second kappa shape index (κ2) is 5.08. The molecule has 0 bridgehead atoms. The van der Waals surface area contributed by atoms with Gasteiger partial charge in [-0.25, -0.2) is 0 Å². The Labute approximate surface area is 121 Å². The molecular formula is C19H36. The lowest BCUT2D eigenvalue weighted by Gasteiger charge is -2.54. The maximum atomic E-state index is 2.49. The molecule has 2 aliphatic rings. The predicted octanol–water partition coefficient (Wildman–Crippen LogP) is 6.45. The van der Waals surface area contributed by atoms with Gasteiger partial charge in [-0.3, -0.25) is 0 Å². The van der Waals surface area contributed by atoms with Crippen molar-refractivity contribution in [2.75, 3.05) is 0 Å². The van der Waals surface area contributed by atoms with Crippen molar-refractivity contribution in [3.63, 3.8) is 0 Å². The van der Waals surface area contributed by atoms with Gasteiger partial charge < -0.3 is 0 Å². The normalized spacial score (nSPS) is 37.6.